The molecular weight excluding hydrogens is 294 g/mol. The minimum atomic E-state index is -1.79. The lowest BCUT2D eigenvalue weighted by Gasteiger charge is -2.38. The van der Waals surface area contributed by atoms with Crippen molar-refractivity contribution in [2.75, 3.05) is 6.61 Å². The first-order chi connectivity index (χ1) is 9.61. The van der Waals surface area contributed by atoms with Crippen LogP contribution >= 0.6 is 0 Å². The standard InChI is InChI=1S/C6H13NO5.C4H6O5/c7-3-5(10)4(9)2(1-8)12-6(3)11;5-2(4(8)9)1-3(6)7/h2-6,8-11H,1,7H2;2,5H,1H2,(H,6,7)(H,8,9)/t2-,3+,4-,5-,6?;/m1./s1. The quantitative estimate of drug-likeness (QED) is 0.248. The number of aliphatic carboxylic acids is 2. The summed E-state index contributed by atoms with van der Waals surface area (Å²) in [4.78, 5) is 19.4. The third-order valence-electron chi connectivity index (χ3n) is 2.60. The van der Waals surface area contributed by atoms with E-state index in [1.807, 2.05) is 0 Å². The molecule has 0 aromatic heterocycles. The average molecular weight is 313 g/mol. The predicted octanol–water partition coefficient (Wildman–Crippen LogP) is -4.35. The summed E-state index contributed by atoms with van der Waals surface area (Å²) >= 11 is 0. The molecule has 0 aliphatic carbocycles. The summed E-state index contributed by atoms with van der Waals surface area (Å²) in [6, 6.07) is -1.04. The monoisotopic (exact) mass is 313 g/mol. The SMILES string of the molecule is N[C@@H]1C(O)O[C@H](CO)[C@@H](O)[C@@H]1O.O=C(O)CC(O)C(=O)O. The summed E-state index contributed by atoms with van der Waals surface area (Å²) in [5, 5.41) is 60.2. The second-order valence-corrected chi connectivity index (χ2v) is 4.26. The van der Waals surface area contributed by atoms with Gasteiger partial charge in [-0.2, -0.15) is 0 Å². The molecule has 0 spiro atoms. The molecule has 11 heteroatoms. The van der Waals surface area contributed by atoms with Crippen molar-refractivity contribution in [3.63, 3.8) is 0 Å². The summed E-state index contributed by atoms with van der Waals surface area (Å²) in [6.07, 6.45) is -7.40. The number of aliphatic hydroxyl groups is 5. The van der Waals surface area contributed by atoms with E-state index in [0.29, 0.717) is 0 Å². The van der Waals surface area contributed by atoms with Gasteiger partial charge in [0.2, 0.25) is 0 Å². The highest BCUT2D eigenvalue weighted by Gasteiger charge is 2.41. The number of nitrogens with two attached hydrogens (primary N) is 1. The molecule has 1 rings (SSSR count). The van der Waals surface area contributed by atoms with E-state index in [2.05, 4.69) is 0 Å². The number of hydrogen-bond donors (Lipinski definition) is 8. The van der Waals surface area contributed by atoms with E-state index in [0.717, 1.165) is 0 Å². The maximum Gasteiger partial charge on any atom is 0.333 e. The van der Waals surface area contributed by atoms with Crippen molar-refractivity contribution in [2.24, 2.45) is 5.73 Å². The fourth-order valence-corrected chi connectivity index (χ4v) is 1.37. The van der Waals surface area contributed by atoms with Crippen LogP contribution in [0.1, 0.15) is 6.42 Å². The fraction of sp³-hybridized carbons (Fsp3) is 0.800. The highest BCUT2D eigenvalue weighted by molar-refractivity contribution is 5.79. The molecule has 0 aromatic rings. The van der Waals surface area contributed by atoms with E-state index in [9.17, 15) is 19.8 Å². The van der Waals surface area contributed by atoms with Crippen LogP contribution in [0.3, 0.4) is 0 Å². The lowest BCUT2D eigenvalue weighted by atomic mass is 9.98. The third-order valence-corrected chi connectivity index (χ3v) is 2.60. The van der Waals surface area contributed by atoms with Gasteiger partial charge in [0.05, 0.1) is 19.1 Å². The maximum atomic E-state index is 9.72. The molecule has 0 amide bonds. The fourth-order valence-electron chi connectivity index (χ4n) is 1.37. The zero-order valence-corrected chi connectivity index (χ0v) is 10.8. The Morgan fingerprint density at radius 3 is 2.00 bits per heavy atom. The highest BCUT2D eigenvalue weighted by Crippen LogP contribution is 2.17. The number of hydrogen-bond acceptors (Lipinski definition) is 9. The Bertz CT molecular complexity index is 346. The Hall–Kier alpha value is -1.34. The van der Waals surface area contributed by atoms with Crippen molar-refractivity contribution in [2.45, 2.75) is 43.2 Å². The second-order valence-electron chi connectivity index (χ2n) is 4.26. The summed E-state index contributed by atoms with van der Waals surface area (Å²) < 4.78 is 4.70. The molecule has 0 radical (unpaired) electrons. The van der Waals surface area contributed by atoms with Crippen molar-refractivity contribution < 1.29 is 50.1 Å². The molecule has 6 atom stereocenters. The minimum Gasteiger partial charge on any atom is -0.481 e. The van der Waals surface area contributed by atoms with E-state index in [-0.39, 0.29) is 0 Å². The van der Waals surface area contributed by atoms with Crippen LogP contribution in [-0.4, -0.2) is 91.0 Å². The summed E-state index contributed by atoms with van der Waals surface area (Å²) in [6.45, 7) is -0.470. The first-order valence-corrected chi connectivity index (χ1v) is 5.80. The molecule has 0 bridgehead atoms. The Balaban J connectivity index is 0.000000400. The predicted molar refractivity (Wildman–Crippen MR) is 63.9 cm³/mol. The van der Waals surface area contributed by atoms with Gasteiger partial charge in [0.25, 0.3) is 0 Å². The molecule has 11 nitrogen and oxygen atoms in total. The summed E-state index contributed by atoms with van der Waals surface area (Å²) in [5.41, 5.74) is 5.26. The van der Waals surface area contributed by atoms with Crippen LogP contribution in [0.15, 0.2) is 0 Å². The van der Waals surface area contributed by atoms with E-state index >= 15 is 0 Å². The first-order valence-electron chi connectivity index (χ1n) is 5.80. The Morgan fingerprint density at radius 2 is 1.67 bits per heavy atom. The smallest absolute Gasteiger partial charge is 0.333 e. The zero-order chi connectivity index (χ0) is 16.7. The van der Waals surface area contributed by atoms with Crippen LogP contribution in [0.4, 0.5) is 0 Å². The van der Waals surface area contributed by atoms with Gasteiger partial charge in [-0.15, -0.1) is 0 Å². The third kappa shape index (κ3) is 6.31. The van der Waals surface area contributed by atoms with Crippen molar-refractivity contribution in [3.05, 3.63) is 0 Å². The largest absolute Gasteiger partial charge is 0.481 e. The van der Waals surface area contributed by atoms with E-state index in [4.69, 9.17) is 36.0 Å². The highest BCUT2D eigenvalue weighted by atomic mass is 16.6. The molecule has 1 heterocycles. The molecule has 1 aliphatic heterocycles. The molecule has 9 N–H and O–H groups in total. The number of ether oxygens (including phenoxy) is 1. The molecule has 21 heavy (non-hydrogen) atoms. The minimum absolute atomic E-state index is 0.470. The zero-order valence-electron chi connectivity index (χ0n) is 10.8. The van der Waals surface area contributed by atoms with Crippen LogP contribution in [0, 0.1) is 0 Å². The Kier molecular flexibility index (Phi) is 8.27. The van der Waals surface area contributed by atoms with E-state index in [1.54, 1.807) is 0 Å². The number of rotatable bonds is 4. The van der Waals surface area contributed by atoms with Gasteiger partial charge in [-0.1, -0.05) is 0 Å². The van der Waals surface area contributed by atoms with E-state index < -0.39 is 61.7 Å². The lowest BCUT2D eigenvalue weighted by Crippen LogP contribution is -2.61. The number of carbonyl (C=O) groups is 2. The second kappa shape index (κ2) is 8.84. The Morgan fingerprint density at radius 1 is 1.14 bits per heavy atom. The van der Waals surface area contributed by atoms with Gasteiger partial charge in [0.15, 0.2) is 12.4 Å². The van der Waals surface area contributed by atoms with Crippen LogP contribution in [0.5, 0.6) is 0 Å². The van der Waals surface area contributed by atoms with Crippen LogP contribution in [0.25, 0.3) is 0 Å². The van der Waals surface area contributed by atoms with Gasteiger partial charge in [-0.3, -0.25) is 4.79 Å². The van der Waals surface area contributed by atoms with Crippen molar-refractivity contribution >= 4 is 11.9 Å². The Labute approximate surface area is 118 Å². The molecule has 124 valence electrons. The van der Waals surface area contributed by atoms with Gasteiger partial charge in [-0.25, -0.2) is 4.79 Å². The number of carboxylic acids is 2. The lowest BCUT2D eigenvalue weighted by molar-refractivity contribution is -0.248. The molecule has 1 fully saturated rings. The number of aliphatic hydroxyl groups excluding tert-OH is 5. The van der Waals surface area contributed by atoms with Crippen LogP contribution in [-0.2, 0) is 14.3 Å². The molecular formula is C10H19NO10. The van der Waals surface area contributed by atoms with Gasteiger partial charge in [0.1, 0.15) is 18.3 Å². The number of carboxylic acid groups (broad SMARTS) is 2. The van der Waals surface area contributed by atoms with Crippen LogP contribution in [0.2, 0.25) is 0 Å². The maximum absolute atomic E-state index is 9.72. The van der Waals surface area contributed by atoms with Crippen molar-refractivity contribution in [3.8, 4) is 0 Å². The van der Waals surface area contributed by atoms with Crippen molar-refractivity contribution in [1.82, 2.24) is 0 Å². The summed E-state index contributed by atoms with van der Waals surface area (Å²) in [7, 11) is 0. The van der Waals surface area contributed by atoms with Gasteiger partial charge >= 0.3 is 11.9 Å². The summed E-state index contributed by atoms with van der Waals surface area (Å²) in [5.74, 6) is -2.85. The molecule has 2 unspecified atom stereocenters. The van der Waals surface area contributed by atoms with E-state index in [1.165, 1.54) is 0 Å². The van der Waals surface area contributed by atoms with Gasteiger partial charge in [-0.05, 0) is 0 Å². The molecule has 1 saturated heterocycles. The topological polar surface area (TPSA) is 211 Å². The molecule has 0 saturated carbocycles. The molecule has 1 aliphatic rings. The average Bonchev–Trinajstić information content (AvgIpc) is 2.40. The molecule has 0 aromatic carbocycles. The first kappa shape index (κ1) is 19.7. The van der Waals surface area contributed by atoms with Gasteiger partial charge < -0.3 is 46.2 Å². The van der Waals surface area contributed by atoms with Gasteiger partial charge in [0, 0.05) is 0 Å². The van der Waals surface area contributed by atoms with Crippen LogP contribution < -0.4 is 5.73 Å². The van der Waals surface area contributed by atoms with Crippen molar-refractivity contribution in [1.29, 1.82) is 0 Å². The normalized spacial score (nSPS) is 33.5.